The van der Waals surface area contributed by atoms with Gasteiger partial charge in [0.25, 0.3) is 5.69 Å². The van der Waals surface area contributed by atoms with Crippen molar-refractivity contribution in [2.75, 3.05) is 0 Å². The number of benzene rings is 1. The van der Waals surface area contributed by atoms with Gasteiger partial charge in [0, 0.05) is 24.5 Å². The van der Waals surface area contributed by atoms with Gasteiger partial charge in [-0.2, -0.15) is 0 Å². The lowest BCUT2D eigenvalue weighted by molar-refractivity contribution is -0.385. The Labute approximate surface area is 122 Å². The van der Waals surface area contributed by atoms with Crippen LogP contribution in [-0.2, 0) is 16.0 Å². The van der Waals surface area contributed by atoms with Crippen molar-refractivity contribution in [1.29, 1.82) is 0 Å². The topological polar surface area (TPSA) is 115 Å². The highest BCUT2D eigenvalue weighted by Gasteiger charge is 2.23. The van der Waals surface area contributed by atoms with Crippen molar-refractivity contribution in [3.05, 3.63) is 39.9 Å². The molecular formula is C14H19N3O4. The third kappa shape index (κ3) is 5.21. The SMILES string of the molecule is CC(C)CC(=O)N[C@H](Cc1ccccc1[N+](=O)[O-])C(N)=O. The molecule has 0 spiro atoms. The Balaban J connectivity index is 2.87. The number of primary amides is 1. The van der Waals surface area contributed by atoms with Crippen molar-refractivity contribution < 1.29 is 14.5 Å². The van der Waals surface area contributed by atoms with Gasteiger partial charge in [-0.3, -0.25) is 19.7 Å². The number of hydrogen-bond acceptors (Lipinski definition) is 4. The summed E-state index contributed by atoms with van der Waals surface area (Å²) >= 11 is 0. The fourth-order valence-electron chi connectivity index (χ4n) is 1.93. The maximum absolute atomic E-state index is 11.7. The second-order valence-corrected chi connectivity index (χ2v) is 5.21. The molecule has 114 valence electrons. The van der Waals surface area contributed by atoms with Gasteiger partial charge < -0.3 is 11.1 Å². The Morgan fingerprint density at radius 1 is 1.33 bits per heavy atom. The molecule has 0 radical (unpaired) electrons. The molecule has 0 heterocycles. The minimum Gasteiger partial charge on any atom is -0.368 e. The molecule has 0 bridgehead atoms. The minimum atomic E-state index is -0.961. The lowest BCUT2D eigenvalue weighted by Crippen LogP contribution is -2.46. The normalized spacial score (nSPS) is 12.0. The number of amides is 2. The van der Waals surface area contributed by atoms with E-state index >= 15 is 0 Å². The third-order valence-electron chi connectivity index (χ3n) is 2.88. The zero-order chi connectivity index (χ0) is 16.0. The fourth-order valence-corrected chi connectivity index (χ4v) is 1.93. The van der Waals surface area contributed by atoms with Crippen LogP contribution in [-0.4, -0.2) is 22.8 Å². The van der Waals surface area contributed by atoms with Crippen molar-refractivity contribution >= 4 is 17.5 Å². The van der Waals surface area contributed by atoms with Crippen LogP contribution in [0.3, 0.4) is 0 Å². The monoisotopic (exact) mass is 293 g/mol. The van der Waals surface area contributed by atoms with Crippen LogP contribution in [0.4, 0.5) is 5.69 Å². The van der Waals surface area contributed by atoms with Crippen LogP contribution < -0.4 is 11.1 Å². The van der Waals surface area contributed by atoms with Gasteiger partial charge in [0.05, 0.1) is 4.92 Å². The standard InChI is InChI=1S/C14H19N3O4/c1-9(2)7-13(18)16-11(14(15)19)8-10-5-3-4-6-12(10)17(20)21/h3-6,9,11H,7-8H2,1-2H3,(H2,15,19)(H,16,18)/t11-/m1/s1. The van der Waals surface area contributed by atoms with E-state index in [1.165, 1.54) is 12.1 Å². The first kappa shape index (κ1) is 16.6. The summed E-state index contributed by atoms with van der Waals surface area (Å²) in [5, 5.41) is 13.5. The van der Waals surface area contributed by atoms with Crippen LogP contribution in [0, 0.1) is 16.0 Å². The Morgan fingerprint density at radius 2 is 1.95 bits per heavy atom. The molecule has 21 heavy (non-hydrogen) atoms. The molecule has 0 aliphatic heterocycles. The third-order valence-corrected chi connectivity index (χ3v) is 2.88. The van der Waals surface area contributed by atoms with E-state index in [0.29, 0.717) is 5.56 Å². The average molecular weight is 293 g/mol. The van der Waals surface area contributed by atoms with Gasteiger partial charge in [0.2, 0.25) is 11.8 Å². The number of nitro groups is 1. The molecule has 0 unspecified atom stereocenters. The predicted octanol–water partition coefficient (Wildman–Crippen LogP) is 1.15. The van der Waals surface area contributed by atoms with Gasteiger partial charge in [-0.1, -0.05) is 32.0 Å². The molecule has 0 aliphatic rings. The largest absolute Gasteiger partial charge is 0.368 e. The molecule has 7 nitrogen and oxygen atoms in total. The first-order valence-electron chi connectivity index (χ1n) is 6.62. The van der Waals surface area contributed by atoms with Gasteiger partial charge in [0.1, 0.15) is 6.04 Å². The Morgan fingerprint density at radius 3 is 2.48 bits per heavy atom. The van der Waals surface area contributed by atoms with E-state index in [2.05, 4.69) is 5.32 Å². The Bertz CT molecular complexity index is 543. The first-order valence-corrected chi connectivity index (χ1v) is 6.62. The average Bonchev–Trinajstić information content (AvgIpc) is 2.37. The molecule has 0 aliphatic carbocycles. The highest BCUT2D eigenvalue weighted by atomic mass is 16.6. The van der Waals surface area contributed by atoms with Crippen molar-refractivity contribution in [3.8, 4) is 0 Å². The number of carbonyl (C=O) groups excluding carboxylic acids is 2. The van der Waals surface area contributed by atoms with E-state index in [1.807, 2.05) is 13.8 Å². The summed E-state index contributed by atoms with van der Waals surface area (Å²) in [6.45, 7) is 3.75. The molecule has 0 aromatic heterocycles. The lowest BCUT2D eigenvalue weighted by Gasteiger charge is -2.16. The number of nitrogens with two attached hydrogens (primary N) is 1. The van der Waals surface area contributed by atoms with Crippen LogP contribution in [0.15, 0.2) is 24.3 Å². The highest BCUT2D eigenvalue weighted by molar-refractivity contribution is 5.87. The highest BCUT2D eigenvalue weighted by Crippen LogP contribution is 2.19. The Kier molecular flexibility index (Phi) is 5.83. The van der Waals surface area contributed by atoms with E-state index < -0.39 is 16.9 Å². The van der Waals surface area contributed by atoms with Gasteiger partial charge >= 0.3 is 0 Å². The zero-order valence-electron chi connectivity index (χ0n) is 12.0. The summed E-state index contributed by atoms with van der Waals surface area (Å²) in [6.07, 6.45) is 0.261. The summed E-state index contributed by atoms with van der Waals surface area (Å²) in [7, 11) is 0. The van der Waals surface area contributed by atoms with Crippen LogP contribution >= 0.6 is 0 Å². The summed E-state index contributed by atoms with van der Waals surface area (Å²) in [6, 6.07) is 5.11. The summed E-state index contributed by atoms with van der Waals surface area (Å²) < 4.78 is 0. The van der Waals surface area contributed by atoms with Crippen LogP contribution in [0.1, 0.15) is 25.8 Å². The van der Waals surface area contributed by atoms with Crippen molar-refractivity contribution in [2.24, 2.45) is 11.7 Å². The van der Waals surface area contributed by atoms with E-state index in [9.17, 15) is 19.7 Å². The molecule has 3 N–H and O–H groups in total. The molecule has 0 fully saturated rings. The molecular weight excluding hydrogens is 274 g/mol. The Hall–Kier alpha value is -2.44. The molecule has 7 heteroatoms. The number of nitro benzene ring substituents is 1. The minimum absolute atomic E-state index is 0.00365. The number of nitrogens with one attached hydrogen (secondary N) is 1. The van der Waals surface area contributed by atoms with Crippen molar-refractivity contribution in [3.63, 3.8) is 0 Å². The zero-order valence-corrected chi connectivity index (χ0v) is 12.0. The van der Waals surface area contributed by atoms with E-state index in [1.54, 1.807) is 12.1 Å². The van der Waals surface area contributed by atoms with E-state index in [-0.39, 0.29) is 30.4 Å². The lowest BCUT2D eigenvalue weighted by atomic mass is 10.0. The van der Waals surface area contributed by atoms with Crippen molar-refractivity contribution in [1.82, 2.24) is 5.32 Å². The summed E-state index contributed by atoms with van der Waals surface area (Å²) in [4.78, 5) is 33.6. The number of hydrogen-bond donors (Lipinski definition) is 2. The molecule has 1 aromatic carbocycles. The van der Waals surface area contributed by atoms with Gasteiger partial charge in [0.15, 0.2) is 0 Å². The van der Waals surface area contributed by atoms with Gasteiger partial charge in [-0.05, 0) is 5.92 Å². The molecule has 1 atom stereocenters. The molecule has 0 saturated heterocycles. The predicted molar refractivity (Wildman–Crippen MR) is 77.4 cm³/mol. The van der Waals surface area contributed by atoms with Gasteiger partial charge in [-0.15, -0.1) is 0 Å². The van der Waals surface area contributed by atoms with Crippen molar-refractivity contribution in [2.45, 2.75) is 32.7 Å². The van der Waals surface area contributed by atoms with E-state index in [0.717, 1.165) is 0 Å². The number of rotatable bonds is 7. The summed E-state index contributed by atoms with van der Waals surface area (Å²) in [5.74, 6) is -0.873. The molecule has 2 amide bonds. The second kappa shape index (κ2) is 7.37. The van der Waals surface area contributed by atoms with Gasteiger partial charge in [-0.25, -0.2) is 0 Å². The van der Waals surface area contributed by atoms with E-state index in [4.69, 9.17) is 5.73 Å². The molecule has 1 rings (SSSR count). The fraction of sp³-hybridized carbons (Fsp3) is 0.429. The molecule has 0 saturated carbocycles. The molecule has 1 aromatic rings. The quantitative estimate of drug-likeness (QED) is 0.579. The number of para-hydroxylation sites is 1. The number of nitrogens with zero attached hydrogens (tertiary/aromatic N) is 1. The number of carbonyl (C=O) groups is 2. The second-order valence-electron chi connectivity index (χ2n) is 5.21. The smallest absolute Gasteiger partial charge is 0.272 e. The van der Waals surface area contributed by atoms with Crippen LogP contribution in [0.25, 0.3) is 0 Å². The van der Waals surface area contributed by atoms with Crippen LogP contribution in [0.2, 0.25) is 0 Å². The maximum Gasteiger partial charge on any atom is 0.272 e. The van der Waals surface area contributed by atoms with Crippen LogP contribution in [0.5, 0.6) is 0 Å². The summed E-state index contributed by atoms with van der Waals surface area (Å²) in [5.41, 5.74) is 5.53. The first-order chi connectivity index (χ1) is 9.81. The maximum atomic E-state index is 11.7.